The fraction of sp³-hybridized carbons (Fsp3) is 0.407. The van der Waals surface area contributed by atoms with Crippen LogP contribution in [-0.2, 0) is 22.6 Å². The second-order valence-corrected chi connectivity index (χ2v) is 8.22. The molecule has 2 aromatic rings. The van der Waals surface area contributed by atoms with E-state index in [4.69, 9.17) is 0 Å². The van der Waals surface area contributed by atoms with Crippen molar-refractivity contribution in [2.24, 2.45) is 0 Å². The number of carbonyl (C=O) groups excluding carboxylic acids is 2. The number of allylic oxidation sites excluding steroid dienone is 1. The van der Waals surface area contributed by atoms with Crippen molar-refractivity contribution in [2.75, 3.05) is 6.54 Å². The third-order valence-corrected chi connectivity index (χ3v) is 5.90. The van der Waals surface area contributed by atoms with Crippen molar-refractivity contribution in [1.82, 2.24) is 10.2 Å². The first-order valence-electron chi connectivity index (χ1n) is 11.5. The predicted molar refractivity (Wildman–Crippen MR) is 125 cm³/mol. The molecule has 2 amide bonds. The van der Waals surface area contributed by atoms with E-state index >= 15 is 0 Å². The highest BCUT2D eigenvalue weighted by Crippen LogP contribution is 2.20. The van der Waals surface area contributed by atoms with Crippen molar-refractivity contribution < 1.29 is 9.59 Å². The van der Waals surface area contributed by atoms with Gasteiger partial charge in [-0.1, -0.05) is 79.2 Å². The molecular weight excluding hydrogens is 384 g/mol. The van der Waals surface area contributed by atoms with Gasteiger partial charge in [-0.25, -0.2) is 0 Å². The average Bonchev–Trinajstić information content (AvgIpc) is 2.82. The summed E-state index contributed by atoms with van der Waals surface area (Å²) in [5, 5.41) is 3.12. The summed E-state index contributed by atoms with van der Waals surface area (Å²) in [5.41, 5.74) is 3.53. The Hall–Kier alpha value is -2.88. The molecule has 0 heterocycles. The lowest BCUT2D eigenvalue weighted by Crippen LogP contribution is -2.50. The smallest absolute Gasteiger partial charge is 0.243 e. The molecule has 1 atom stereocenters. The van der Waals surface area contributed by atoms with E-state index in [2.05, 4.69) is 11.4 Å². The molecule has 1 aliphatic carbocycles. The molecule has 0 radical (unpaired) electrons. The number of benzene rings is 2. The van der Waals surface area contributed by atoms with E-state index in [9.17, 15) is 9.59 Å². The molecule has 0 bridgehead atoms. The Labute approximate surface area is 186 Å². The SMILES string of the molecule is CCC(=O)N(Cc1ccccc1)[C@@H](Cc1ccccc1)C(=O)NCCC1=CCCCC1. The van der Waals surface area contributed by atoms with Crippen molar-refractivity contribution >= 4 is 11.8 Å². The molecule has 0 saturated heterocycles. The Balaban J connectivity index is 1.75. The number of nitrogens with zero attached hydrogens (tertiary/aromatic N) is 1. The molecule has 0 aliphatic heterocycles. The number of hydrogen-bond acceptors (Lipinski definition) is 2. The minimum atomic E-state index is -0.532. The third kappa shape index (κ3) is 7.09. The van der Waals surface area contributed by atoms with Crippen molar-refractivity contribution in [3.63, 3.8) is 0 Å². The first kappa shape index (κ1) is 22.8. The van der Waals surface area contributed by atoms with Gasteiger partial charge in [-0.05, 0) is 43.2 Å². The maximum Gasteiger partial charge on any atom is 0.243 e. The molecule has 4 nitrogen and oxygen atoms in total. The maximum absolute atomic E-state index is 13.3. The Morgan fingerprint density at radius 2 is 1.65 bits per heavy atom. The van der Waals surface area contributed by atoms with E-state index in [1.54, 1.807) is 4.90 Å². The van der Waals surface area contributed by atoms with Crippen LogP contribution in [0, 0.1) is 0 Å². The van der Waals surface area contributed by atoms with E-state index in [0.29, 0.717) is 25.9 Å². The van der Waals surface area contributed by atoms with Crippen LogP contribution in [0.1, 0.15) is 56.6 Å². The van der Waals surface area contributed by atoms with E-state index in [0.717, 1.165) is 30.4 Å². The largest absolute Gasteiger partial charge is 0.354 e. The molecule has 0 spiro atoms. The van der Waals surface area contributed by atoms with E-state index in [1.165, 1.54) is 18.4 Å². The third-order valence-electron chi connectivity index (χ3n) is 5.90. The summed E-state index contributed by atoms with van der Waals surface area (Å²) in [7, 11) is 0. The molecule has 4 heteroatoms. The first-order chi connectivity index (χ1) is 15.2. The Morgan fingerprint density at radius 3 is 2.26 bits per heavy atom. The highest BCUT2D eigenvalue weighted by molar-refractivity contribution is 5.87. The number of rotatable bonds is 10. The van der Waals surface area contributed by atoms with Crippen LogP contribution < -0.4 is 5.32 Å². The van der Waals surface area contributed by atoms with E-state index < -0.39 is 6.04 Å². The summed E-state index contributed by atoms with van der Waals surface area (Å²) >= 11 is 0. The van der Waals surface area contributed by atoms with Gasteiger partial charge in [0.05, 0.1) is 0 Å². The number of nitrogens with one attached hydrogen (secondary N) is 1. The summed E-state index contributed by atoms with van der Waals surface area (Å²) < 4.78 is 0. The fourth-order valence-electron chi connectivity index (χ4n) is 4.13. The van der Waals surface area contributed by atoms with Crippen LogP contribution in [0.2, 0.25) is 0 Å². The lowest BCUT2D eigenvalue weighted by atomic mass is 9.97. The molecule has 1 N–H and O–H groups in total. The highest BCUT2D eigenvalue weighted by atomic mass is 16.2. The Morgan fingerprint density at radius 1 is 0.968 bits per heavy atom. The fourth-order valence-corrected chi connectivity index (χ4v) is 4.13. The standard InChI is InChI=1S/C27H34N2O2/c1-2-26(30)29(21-24-16-10-5-11-17-24)25(20-23-14-8-4-9-15-23)27(31)28-19-18-22-12-6-3-7-13-22/h4-5,8-12,14-17,25H,2-3,6-7,13,18-21H2,1H3,(H,28,31)/t25-/m0/s1. The van der Waals surface area contributed by atoms with Gasteiger partial charge in [0, 0.05) is 25.9 Å². The van der Waals surface area contributed by atoms with Gasteiger partial charge in [0.2, 0.25) is 11.8 Å². The number of hydrogen-bond donors (Lipinski definition) is 1. The minimum Gasteiger partial charge on any atom is -0.354 e. The van der Waals surface area contributed by atoms with Crippen LogP contribution in [-0.4, -0.2) is 29.3 Å². The van der Waals surface area contributed by atoms with Gasteiger partial charge in [0.15, 0.2) is 0 Å². The minimum absolute atomic E-state index is 0.00470. The van der Waals surface area contributed by atoms with Gasteiger partial charge in [0.25, 0.3) is 0 Å². The quantitative estimate of drug-likeness (QED) is 0.549. The second kappa shape index (κ2) is 12.1. The predicted octanol–water partition coefficient (Wildman–Crippen LogP) is 5.04. The van der Waals surface area contributed by atoms with Crippen molar-refractivity contribution in [1.29, 1.82) is 0 Å². The molecule has 2 aromatic carbocycles. The first-order valence-corrected chi connectivity index (χ1v) is 11.5. The maximum atomic E-state index is 13.3. The summed E-state index contributed by atoms with van der Waals surface area (Å²) in [4.78, 5) is 28.0. The molecule has 0 aromatic heterocycles. The lowest BCUT2D eigenvalue weighted by Gasteiger charge is -2.31. The summed E-state index contributed by atoms with van der Waals surface area (Å²) in [6.45, 7) is 2.91. The van der Waals surface area contributed by atoms with Gasteiger partial charge in [-0.2, -0.15) is 0 Å². The van der Waals surface area contributed by atoms with Gasteiger partial charge in [-0.3, -0.25) is 9.59 Å². The molecule has 0 fully saturated rings. The summed E-state index contributed by atoms with van der Waals surface area (Å²) in [6.07, 6.45) is 8.89. The number of amides is 2. The molecule has 31 heavy (non-hydrogen) atoms. The lowest BCUT2D eigenvalue weighted by molar-refractivity contribution is -0.141. The van der Waals surface area contributed by atoms with Crippen LogP contribution in [0.3, 0.4) is 0 Å². The Kier molecular flexibility index (Phi) is 8.89. The zero-order valence-electron chi connectivity index (χ0n) is 18.6. The van der Waals surface area contributed by atoms with Crippen molar-refractivity contribution in [3.8, 4) is 0 Å². The highest BCUT2D eigenvalue weighted by Gasteiger charge is 2.29. The van der Waals surface area contributed by atoms with Crippen LogP contribution in [0.15, 0.2) is 72.3 Å². The molecule has 164 valence electrons. The van der Waals surface area contributed by atoms with Crippen LogP contribution >= 0.6 is 0 Å². The van der Waals surface area contributed by atoms with Crippen molar-refractivity contribution in [2.45, 2.75) is 64.5 Å². The van der Waals surface area contributed by atoms with Gasteiger partial charge in [0.1, 0.15) is 6.04 Å². The van der Waals surface area contributed by atoms with E-state index in [1.807, 2.05) is 67.6 Å². The normalized spacial score (nSPS) is 14.4. The summed E-state index contributed by atoms with van der Waals surface area (Å²) in [6, 6.07) is 19.3. The molecule has 0 unspecified atom stereocenters. The monoisotopic (exact) mass is 418 g/mol. The van der Waals surface area contributed by atoms with Gasteiger partial charge in [-0.15, -0.1) is 0 Å². The second-order valence-electron chi connectivity index (χ2n) is 8.22. The number of carbonyl (C=O) groups is 2. The van der Waals surface area contributed by atoms with Crippen LogP contribution in [0.5, 0.6) is 0 Å². The topological polar surface area (TPSA) is 49.4 Å². The molecule has 0 saturated carbocycles. The zero-order valence-corrected chi connectivity index (χ0v) is 18.6. The zero-order chi connectivity index (χ0) is 21.9. The summed E-state index contributed by atoms with van der Waals surface area (Å²) in [5.74, 6) is -0.0760. The van der Waals surface area contributed by atoms with E-state index in [-0.39, 0.29) is 11.8 Å². The molecular formula is C27H34N2O2. The van der Waals surface area contributed by atoms with Crippen LogP contribution in [0.25, 0.3) is 0 Å². The molecule has 1 aliphatic rings. The Bertz CT molecular complexity index is 861. The molecule has 3 rings (SSSR count). The van der Waals surface area contributed by atoms with Crippen molar-refractivity contribution in [3.05, 3.63) is 83.4 Å². The van der Waals surface area contributed by atoms with Gasteiger partial charge >= 0.3 is 0 Å². The van der Waals surface area contributed by atoms with Gasteiger partial charge < -0.3 is 10.2 Å². The van der Waals surface area contributed by atoms with Crippen LogP contribution in [0.4, 0.5) is 0 Å². The average molecular weight is 419 g/mol.